The van der Waals surface area contributed by atoms with E-state index in [2.05, 4.69) is 0 Å². The highest BCUT2D eigenvalue weighted by Crippen LogP contribution is 2.21. The van der Waals surface area contributed by atoms with Crippen LogP contribution in [0.5, 0.6) is 0 Å². The Morgan fingerprint density at radius 3 is 2.85 bits per heavy atom. The minimum absolute atomic E-state index is 0.0275. The number of nitriles is 1. The summed E-state index contributed by atoms with van der Waals surface area (Å²) in [6.45, 7) is 0. The number of nitrogens with two attached hydrogens (primary N) is 1. The minimum Gasteiger partial charge on any atom is -0.398 e. The topological polar surface area (TPSA) is 66.9 Å². The first kappa shape index (κ1) is 10.0. The molecule has 0 heterocycles. The monoisotopic (exact) mass is 214 g/mol. The Labute approximate surface area is 83.6 Å². The molecule has 0 amide bonds. The van der Waals surface area contributed by atoms with Crippen LogP contribution in [0.3, 0.4) is 0 Å². The van der Waals surface area contributed by atoms with Crippen LogP contribution in [-0.4, -0.2) is 9.96 Å². The largest absolute Gasteiger partial charge is 0.398 e. The quantitative estimate of drug-likeness (QED) is 0.760. The fourth-order valence-corrected chi connectivity index (χ4v) is 1.79. The van der Waals surface area contributed by atoms with Crippen LogP contribution >= 0.6 is 11.6 Å². The smallest absolute Gasteiger partial charge is 0.115 e. The molecule has 0 aliphatic carbocycles. The molecule has 1 rings (SSSR count). The summed E-state index contributed by atoms with van der Waals surface area (Å²) in [6, 6.07) is 6.53. The Hall–Kier alpha value is -1.05. The summed E-state index contributed by atoms with van der Waals surface area (Å²) >= 11 is 5.72. The standard InChI is InChI=1S/C8H7ClN2OS/c9-7-5-6(1-2-8(7)11)13(12)4-3-10/h1-2,5H,4,11H2. The SMILES string of the molecule is N#CCS(=O)c1ccc(N)c(Cl)c1. The fourth-order valence-electron chi connectivity index (χ4n) is 0.791. The van der Waals surface area contributed by atoms with Crippen molar-refractivity contribution < 1.29 is 4.21 Å². The molecule has 1 aromatic rings. The molecule has 0 aliphatic rings. The van der Waals surface area contributed by atoms with Gasteiger partial charge in [0.2, 0.25) is 0 Å². The lowest BCUT2D eigenvalue weighted by atomic mass is 10.3. The molecule has 0 bridgehead atoms. The van der Waals surface area contributed by atoms with Crippen molar-refractivity contribution >= 4 is 28.1 Å². The van der Waals surface area contributed by atoms with Crippen LogP contribution in [0.15, 0.2) is 23.1 Å². The zero-order valence-electron chi connectivity index (χ0n) is 6.66. The lowest BCUT2D eigenvalue weighted by Crippen LogP contribution is -1.96. The first-order chi connectivity index (χ1) is 6.15. The van der Waals surface area contributed by atoms with Crippen LogP contribution in [0.4, 0.5) is 5.69 Å². The van der Waals surface area contributed by atoms with Gasteiger partial charge in [0.05, 0.1) is 27.6 Å². The average molecular weight is 215 g/mol. The summed E-state index contributed by atoms with van der Waals surface area (Å²) in [4.78, 5) is 0.528. The van der Waals surface area contributed by atoms with Gasteiger partial charge in [0.1, 0.15) is 5.75 Å². The molecule has 1 atom stereocenters. The lowest BCUT2D eigenvalue weighted by Gasteiger charge is -2.00. The third-order valence-electron chi connectivity index (χ3n) is 1.43. The molecular formula is C8H7ClN2OS. The normalized spacial score (nSPS) is 12.0. The molecule has 1 unspecified atom stereocenters. The van der Waals surface area contributed by atoms with Crippen molar-refractivity contribution in [1.82, 2.24) is 0 Å². The van der Waals surface area contributed by atoms with Gasteiger partial charge in [0.15, 0.2) is 0 Å². The predicted molar refractivity (Wildman–Crippen MR) is 52.8 cm³/mol. The van der Waals surface area contributed by atoms with E-state index in [0.717, 1.165) is 0 Å². The highest BCUT2D eigenvalue weighted by Gasteiger charge is 2.04. The molecule has 3 nitrogen and oxygen atoms in total. The van der Waals surface area contributed by atoms with Crippen molar-refractivity contribution in [3.63, 3.8) is 0 Å². The molecule has 0 aliphatic heterocycles. The maximum atomic E-state index is 11.3. The van der Waals surface area contributed by atoms with Crippen molar-refractivity contribution in [2.24, 2.45) is 0 Å². The average Bonchev–Trinajstić information content (AvgIpc) is 2.10. The number of benzene rings is 1. The maximum Gasteiger partial charge on any atom is 0.115 e. The Kier molecular flexibility index (Phi) is 3.29. The minimum atomic E-state index is -1.30. The van der Waals surface area contributed by atoms with Gasteiger partial charge in [-0.2, -0.15) is 5.26 Å². The molecular weight excluding hydrogens is 208 g/mol. The summed E-state index contributed by atoms with van der Waals surface area (Å²) in [5, 5.41) is 8.69. The number of rotatable bonds is 2. The highest BCUT2D eigenvalue weighted by molar-refractivity contribution is 7.85. The molecule has 13 heavy (non-hydrogen) atoms. The lowest BCUT2D eigenvalue weighted by molar-refractivity contribution is 0.685. The van der Waals surface area contributed by atoms with Crippen LogP contribution in [-0.2, 0) is 10.8 Å². The van der Waals surface area contributed by atoms with Gasteiger partial charge in [0.25, 0.3) is 0 Å². The Balaban J connectivity index is 2.98. The van der Waals surface area contributed by atoms with Crippen LogP contribution in [0.2, 0.25) is 5.02 Å². The molecule has 0 aromatic heterocycles. The van der Waals surface area contributed by atoms with Crippen molar-refractivity contribution in [2.45, 2.75) is 4.90 Å². The molecule has 2 N–H and O–H groups in total. The van der Waals surface area contributed by atoms with Gasteiger partial charge in [-0.3, -0.25) is 4.21 Å². The number of nitrogen functional groups attached to an aromatic ring is 1. The van der Waals surface area contributed by atoms with E-state index in [0.29, 0.717) is 15.6 Å². The Morgan fingerprint density at radius 1 is 1.62 bits per heavy atom. The highest BCUT2D eigenvalue weighted by atomic mass is 35.5. The molecule has 5 heteroatoms. The van der Waals surface area contributed by atoms with Gasteiger partial charge in [-0.05, 0) is 18.2 Å². The molecule has 0 spiro atoms. The van der Waals surface area contributed by atoms with Crippen molar-refractivity contribution in [2.75, 3.05) is 11.5 Å². The zero-order valence-corrected chi connectivity index (χ0v) is 8.23. The van der Waals surface area contributed by atoms with Gasteiger partial charge in [-0.1, -0.05) is 11.6 Å². The molecule has 1 aromatic carbocycles. The van der Waals surface area contributed by atoms with Crippen LogP contribution in [0, 0.1) is 11.3 Å². The zero-order chi connectivity index (χ0) is 9.84. The van der Waals surface area contributed by atoms with E-state index in [1.165, 1.54) is 6.07 Å². The van der Waals surface area contributed by atoms with Crippen molar-refractivity contribution in [3.05, 3.63) is 23.2 Å². The predicted octanol–water partition coefficient (Wildman–Crippen LogP) is 1.55. The van der Waals surface area contributed by atoms with Crippen LogP contribution in [0.25, 0.3) is 0 Å². The number of hydrogen-bond donors (Lipinski definition) is 1. The Morgan fingerprint density at radius 2 is 2.31 bits per heavy atom. The van der Waals surface area contributed by atoms with Crippen molar-refractivity contribution in [3.8, 4) is 6.07 Å². The van der Waals surface area contributed by atoms with Gasteiger partial charge in [-0.15, -0.1) is 0 Å². The summed E-state index contributed by atoms with van der Waals surface area (Å²) in [5.74, 6) is -0.0275. The molecule has 68 valence electrons. The third-order valence-corrected chi connectivity index (χ3v) is 2.93. The second-order valence-corrected chi connectivity index (χ2v) is 4.19. The second kappa shape index (κ2) is 4.26. The number of halogens is 1. The van der Waals surface area contributed by atoms with Crippen LogP contribution < -0.4 is 5.73 Å². The molecule has 0 radical (unpaired) electrons. The Bertz CT molecular complexity index is 386. The van der Waals surface area contributed by atoms with E-state index in [-0.39, 0.29) is 5.75 Å². The van der Waals surface area contributed by atoms with Gasteiger partial charge >= 0.3 is 0 Å². The first-order valence-corrected chi connectivity index (χ1v) is 5.15. The third kappa shape index (κ3) is 2.44. The maximum absolute atomic E-state index is 11.3. The van der Waals surface area contributed by atoms with E-state index < -0.39 is 10.8 Å². The molecule has 0 fully saturated rings. The summed E-state index contributed by atoms with van der Waals surface area (Å²) in [7, 11) is -1.30. The van der Waals surface area contributed by atoms with E-state index in [9.17, 15) is 4.21 Å². The number of hydrogen-bond acceptors (Lipinski definition) is 3. The molecule has 0 saturated heterocycles. The van der Waals surface area contributed by atoms with Crippen LogP contribution in [0.1, 0.15) is 0 Å². The summed E-state index contributed by atoms with van der Waals surface area (Å²) in [5.41, 5.74) is 5.91. The van der Waals surface area contributed by atoms with E-state index in [1.54, 1.807) is 12.1 Å². The van der Waals surface area contributed by atoms with E-state index in [1.807, 2.05) is 6.07 Å². The van der Waals surface area contributed by atoms with Crippen molar-refractivity contribution in [1.29, 1.82) is 5.26 Å². The summed E-state index contributed by atoms with van der Waals surface area (Å²) in [6.07, 6.45) is 0. The first-order valence-electron chi connectivity index (χ1n) is 3.45. The fraction of sp³-hybridized carbons (Fsp3) is 0.125. The second-order valence-electron chi connectivity index (χ2n) is 2.33. The van der Waals surface area contributed by atoms with Gasteiger partial charge in [-0.25, -0.2) is 0 Å². The van der Waals surface area contributed by atoms with E-state index in [4.69, 9.17) is 22.6 Å². The number of anilines is 1. The number of nitrogens with zero attached hydrogens (tertiary/aromatic N) is 1. The summed E-state index contributed by atoms with van der Waals surface area (Å²) < 4.78 is 11.3. The van der Waals surface area contributed by atoms with Gasteiger partial charge in [0, 0.05) is 4.90 Å². The molecule has 0 saturated carbocycles. The van der Waals surface area contributed by atoms with E-state index >= 15 is 0 Å². The van der Waals surface area contributed by atoms with Gasteiger partial charge < -0.3 is 5.73 Å².